The molecule has 1 N–H and O–H groups in total. The molecule has 1 saturated heterocycles. The minimum absolute atomic E-state index is 0.111. The van der Waals surface area contributed by atoms with E-state index in [9.17, 15) is 13.2 Å². The van der Waals surface area contributed by atoms with Crippen molar-refractivity contribution >= 4 is 0 Å². The van der Waals surface area contributed by atoms with Crippen molar-refractivity contribution in [2.45, 2.75) is 51.4 Å². The molecule has 0 radical (unpaired) electrons. The number of nitrogens with zero attached hydrogens (tertiary/aromatic N) is 1. The molecule has 1 aliphatic rings. The van der Waals surface area contributed by atoms with Gasteiger partial charge in [-0.05, 0) is 20.3 Å². The summed E-state index contributed by atoms with van der Waals surface area (Å²) in [5.74, 6) is 0. The third-order valence-electron chi connectivity index (χ3n) is 3.52. The normalized spacial score (nSPS) is 33.0. The van der Waals surface area contributed by atoms with E-state index < -0.39 is 12.6 Å². The fourth-order valence-electron chi connectivity index (χ4n) is 2.09. The second-order valence-electron chi connectivity index (χ2n) is 4.94. The standard InChI is InChI=1S/C11H21F3N2/c1-4-10(3)8-15-9(2)7-16(10)6-5-11(12,13)14/h9,15H,4-8H2,1-3H3. The quantitative estimate of drug-likeness (QED) is 0.812. The SMILES string of the molecule is CCC1(C)CNC(C)CN1CCC(F)(F)F. The third-order valence-corrected chi connectivity index (χ3v) is 3.52. The molecule has 2 unspecified atom stereocenters. The maximum absolute atomic E-state index is 12.2. The average Bonchev–Trinajstić information content (AvgIpc) is 2.18. The molecule has 0 aliphatic carbocycles. The Kier molecular flexibility index (Phi) is 4.23. The lowest BCUT2D eigenvalue weighted by atomic mass is 9.92. The molecular formula is C11H21F3N2. The molecule has 1 aliphatic heterocycles. The summed E-state index contributed by atoms with van der Waals surface area (Å²) >= 11 is 0. The third kappa shape index (κ3) is 3.63. The van der Waals surface area contributed by atoms with Crippen molar-refractivity contribution in [2.24, 2.45) is 0 Å². The summed E-state index contributed by atoms with van der Waals surface area (Å²) in [4.78, 5) is 1.97. The second kappa shape index (κ2) is 4.92. The molecule has 1 heterocycles. The van der Waals surface area contributed by atoms with Gasteiger partial charge < -0.3 is 5.32 Å². The lowest BCUT2D eigenvalue weighted by molar-refractivity contribution is -0.142. The molecule has 0 saturated carbocycles. The Hall–Kier alpha value is -0.290. The van der Waals surface area contributed by atoms with Crippen LogP contribution in [0.3, 0.4) is 0 Å². The maximum atomic E-state index is 12.2. The van der Waals surface area contributed by atoms with Crippen molar-refractivity contribution in [1.29, 1.82) is 0 Å². The lowest BCUT2D eigenvalue weighted by Gasteiger charge is -2.47. The van der Waals surface area contributed by atoms with Gasteiger partial charge in [-0.2, -0.15) is 13.2 Å². The summed E-state index contributed by atoms with van der Waals surface area (Å²) < 4.78 is 36.7. The topological polar surface area (TPSA) is 15.3 Å². The highest BCUT2D eigenvalue weighted by Gasteiger charge is 2.37. The van der Waals surface area contributed by atoms with Crippen molar-refractivity contribution < 1.29 is 13.2 Å². The van der Waals surface area contributed by atoms with Gasteiger partial charge in [-0.25, -0.2) is 0 Å². The fourth-order valence-corrected chi connectivity index (χ4v) is 2.09. The van der Waals surface area contributed by atoms with E-state index in [0.717, 1.165) is 13.0 Å². The molecule has 0 aromatic rings. The Morgan fingerprint density at radius 2 is 2.06 bits per heavy atom. The molecule has 0 aromatic carbocycles. The molecule has 1 rings (SSSR count). The van der Waals surface area contributed by atoms with Crippen molar-refractivity contribution in [3.63, 3.8) is 0 Å². The zero-order valence-corrected chi connectivity index (χ0v) is 10.2. The first-order valence-electron chi connectivity index (χ1n) is 5.82. The Balaban J connectivity index is 2.58. The fraction of sp³-hybridized carbons (Fsp3) is 1.00. The maximum Gasteiger partial charge on any atom is 0.390 e. The summed E-state index contributed by atoms with van der Waals surface area (Å²) in [5, 5.41) is 3.33. The van der Waals surface area contributed by atoms with Crippen LogP contribution >= 0.6 is 0 Å². The Labute approximate surface area is 95.2 Å². The van der Waals surface area contributed by atoms with E-state index >= 15 is 0 Å². The molecule has 0 bridgehead atoms. The van der Waals surface area contributed by atoms with Crippen molar-refractivity contribution in [1.82, 2.24) is 10.2 Å². The summed E-state index contributed by atoms with van der Waals surface area (Å²) in [7, 11) is 0. The summed E-state index contributed by atoms with van der Waals surface area (Å²) in [6.07, 6.45) is -3.90. The van der Waals surface area contributed by atoms with Gasteiger partial charge in [-0.1, -0.05) is 6.92 Å². The van der Waals surface area contributed by atoms with E-state index in [-0.39, 0.29) is 18.1 Å². The van der Waals surface area contributed by atoms with Gasteiger partial charge in [0.25, 0.3) is 0 Å². The van der Waals surface area contributed by atoms with Crippen LogP contribution in [-0.4, -0.2) is 42.3 Å². The molecule has 2 nitrogen and oxygen atoms in total. The molecule has 0 aromatic heterocycles. The van der Waals surface area contributed by atoms with Crippen molar-refractivity contribution in [3.05, 3.63) is 0 Å². The van der Waals surface area contributed by atoms with Crippen LogP contribution in [-0.2, 0) is 0 Å². The molecule has 1 fully saturated rings. The highest BCUT2D eigenvalue weighted by molar-refractivity contribution is 4.94. The molecule has 2 atom stereocenters. The second-order valence-corrected chi connectivity index (χ2v) is 4.94. The van der Waals surface area contributed by atoms with E-state index in [0.29, 0.717) is 6.54 Å². The smallest absolute Gasteiger partial charge is 0.311 e. The predicted molar refractivity (Wildman–Crippen MR) is 58.4 cm³/mol. The van der Waals surface area contributed by atoms with Crippen LogP contribution in [0.25, 0.3) is 0 Å². The number of halogens is 3. The zero-order chi connectivity index (χ0) is 12.4. The van der Waals surface area contributed by atoms with Crippen molar-refractivity contribution in [2.75, 3.05) is 19.6 Å². The number of hydrogen-bond donors (Lipinski definition) is 1. The number of hydrogen-bond acceptors (Lipinski definition) is 2. The molecule has 5 heteroatoms. The van der Waals surface area contributed by atoms with Crippen LogP contribution in [0.1, 0.15) is 33.6 Å². The van der Waals surface area contributed by atoms with E-state index in [1.54, 1.807) is 0 Å². The molecule has 0 spiro atoms. The largest absolute Gasteiger partial charge is 0.390 e. The molecule has 96 valence electrons. The number of piperazine rings is 1. The predicted octanol–water partition coefficient (Wildman–Crippen LogP) is 2.40. The summed E-state index contributed by atoms with van der Waals surface area (Å²) in [5.41, 5.74) is -0.141. The van der Waals surface area contributed by atoms with Gasteiger partial charge in [-0.15, -0.1) is 0 Å². The van der Waals surface area contributed by atoms with Gasteiger partial charge in [0.05, 0.1) is 6.42 Å². The minimum Gasteiger partial charge on any atom is -0.311 e. The zero-order valence-electron chi connectivity index (χ0n) is 10.2. The lowest BCUT2D eigenvalue weighted by Crippen LogP contribution is -2.62. The van der Waals surface area contributed by atoms with E-state index in [1.165, 1.54) is 0 Å². The van der Waals surface area contributed by atoms with Crippen LogP contribution < -0.4 is 5.32 Å². The van der Waals surface area contributed by atoms with E-state index in [1.807, 2.05) is 25.7 Å². The number of rotatable bonds is 3. The average molecular weight is 238 g/mol. The Morgan fingerprint density at radius 3 is 2.56 bits per heavy atom. The first-order valence-corrected chi connectivity index (χ1v) is 5.82. The Bertz CT molecular complexity index is 230. The van der Waals surface area contributed by atoms with Gasteiger partial charge in [0, 0.05) is 31.2 Å². The van der Waals surface area contributed by atoms with Gasteiger partial charge in [0.2, 0.25) is 0 Å². The van der Waals surface area contributed by atoms with Gasteiger partial charge >= 0.3 is 6.18 Å². The molecule has 16 heavy (non-hydrogen) atoms. The summed E-state index contributed by atoms with van der Waals surface area (Å²) in [6, 6.07) is 0.271. The van der Waals surface area contributed by atoms with E-state index in [2.05, 4.69) is 5.32 Å². The van der Waals surface area contributed by atoms with Crippen LogP contribution in [0.15, 0.2) is 0 Å². The van der Waals surface area contributed by atoms with Gasteiger partial charge in [-0.3, -0.25) is 4.90 Å². The van der Waals surface area contributed by atoms with Gasteiger partial charge in [0.1, 0.15) is 0 Å². The van der Waals surface area contributed by atoms with Gasteiger partial charge in [0.15, 0.2) is 0 Å². The molecular weight excluding hydrogens is 217 g/mol. The van der Waals surface area contributed by atoms with Crippen LogP contribution in [0.5, 0.6) is 0 Å². The first kappa shape index (κ1) is 13.8. The van der Waals surface area contributed by atoms with Crippen molar-refractivity contribution in [3.8, 4) is 0 Å². The van der Waals surface area contributed by atoms with Crippen LogP contribution in [0.2, 0.25) is 0 Å². The Morgan fingerprint density at radius 1 is 1.44 bits per heavy atom. The van der Waals surface area contributed by atoms with Crippen LogP contribution in [0, 0.1) is 0 Å². The first-order chi connectivity index (χ1) is 7.27. The number of nitrogens with one attached hydrogen (secondary N) is 1. The monoisotopic (exact) mass is 238 g/mol. The van der Waals surface area contributed by atoms with Crippen LogP contribution in [0.4, 0.5) is 13.2 Å². The highest BCUT2D eigenvalue weighted by atomic mass is 19.4. The molecule has 0 amide bonds. The highest BCUT2D eigenvalue weighted by Crippen LogP contribution is 2.26. The number of alkyl halides is 3. The van der Waals surface area contributed by atoms with E-state index in [4.69, 9.17) is 0 Å². The summed E-state index contributed by atoms with van der Waals surface area (Å²) in [6.45, 7) is 7.64. The minimum atomic E-state index is -4.05.